The molecule has 0 saturated carbocycles. The predicted octanol–water partition coefficient (Wildman–Crippen LogP) is 2.37. The van der Waals surface area contributed by atoms with Gasteiger partial charge < -0.3 is 10.1 Å². The first kappa shape index (κ1) is 12.1. The molecular formula is C14H19NO2. The van der Waals surface area contributed by atoms with Gasteiger partial charge in [-0.3, -0.25) is 0 Å². The first-order valence-corrected chi connectivity index (χ1v) is 6.17. The maximum absolute atomic E-state index is 11.9. The first-order valence-electron chi connectivity index (χ1n) is 6.17. The molecule has 3 nitrogen and oxygen atoms in total. The van der Waals surface area contributed by atoms with Crippen molar-refractivity contribution < 1.29 is 9.53 Å². The fraction of sp³-hybridized carbons (Fsp3) is 0.500. The lowest BCUT2D eigenvalue weighted by molar-refractivity contribution is 0.0147. The zero-order valence-corrected chi connectivity index (χ0v) is 10.3. The van der Waals surface area contributed by atoms with Crippen LogP contribution in [-0.2, 0) is 4.74 Å². The van der Waals surface area contributed by atoms with Crippen LogP contribution in [0.2, 0.25) is 0 Å². The van der Waals surface area contributed by atoms with Gasteiger partial charge in [0.05, 0.1) is 5.56 Å². The van der Waals surface area contributed by atoms with E-state index in [0.717, 1.165) is 12.8 Å². The molecule has 1 N–H and O–H groups in total. The molecule has 1 saturated heterocycles. The average molecular weight is 233 g/mol. The van der Waals surface area contributed by atoms with E-state index in [1.54, 1.807) is 12.1 Å². The molecule has 2 rings (SSSR count). The van der Waals surface area contributed by atoms with Crippen molar-refractivity contribution in [2.45, 2.75) is 44.9 Å². The number of hydrogen-bond acceptors (Lipinski definition) is 3. The van der Waals surface area contributed by atoms with Crippen LogP contribution in [0.15, 0.2) is 30.3 Å². The summed E-state index contributed by atoms with van der Waals surface area (Å²) >= 11 is 0. The smallest absolute Gasteiger partial charge is 0.338 e. The first-order chi connectivity index (χ1) is 8.15. The van der Waals surface area contributed by atoms with Crippen molar-refractivity contribution >= 4 is 5.97 Å². The number of carbonyl (C=O) groups excluding carboxylic acids is 1. The minimum absolute atomic E-state index is 0.0361. The van der Waals surface area contributed by atoms with Crippen molar-refractivity contribution in [3.05, 3.63) is 35.9 Å². The summed E-state index contributed by atoms with van der Waals surface area (Å²) in [6.45, 7) is 4.25. The van der Waals surface area contributed by atoms with Gasteiger partial charge in [-0.2, -0.15) is 0 Å². The molecule has 17 heavy (non-hydrogen) atoms. The maximum atomic E-state index is 11.9. The van der Waals surface area contributed by atoms with E-state index in [4.69, 9.17) is 4.74 Å². The number of ether oxygens (including phenoxy) is 1. The van der Waals surface area contributed by atoms with Crippen molar-refractivity contribution in [2.24, 2.45) is 0 Å². The second-order valence-corrected chi connectivity index (χ2v) is 4.83. The Balaban J connectivity index is 1.95. The number of rotatable bonds is 2. The zero-order valence-electron chi connectivity index (χ0n) is 10.3. The van der Waals surface area contributed by atoms with E-state index < -0.39 is 0 Å². The van der Waals surface area contributed by atoms with Gasteiger partial charge in [0, 0.05) is 12.1 Å². The van der Waals surface area contributed by atoms with Crippen LogP contribution in [0.25, 0.3) is 0 Å². The molecule has 1 aliphatic heterocycles. The van der Waals surface area contributed by atoms with Gasteiger partial charge >= 0.3 is 5.97 Å². The maximum Gasteiger partial charge on any atom is 0.338 e. The number of hydrogen-bond donors (Lipinski definition) is 1. The molecule has 1 aliphatic rings. The van der Waals surface area contributed by atoms with Crippen molar-refractivity contribution in [3.8, 4) is 0 Å². The third kappa shape index (κ3) is 3.30. The Labute approximate surface area is 102 Å². The second kappa shape index (κ2) is 5.32. The highest BCUT2D eigenvalue weighted by molar-refractivity contribution is 5.89. The normalized spacial score (nSPS) is 28.7. The molecule has 1 aromatic carbocycles. The highest BCUT2D eigenvalue weighted by Gasteiger charge is 2.26. The van der Waals surface area contributed by atoms with Gasteiger partial charge in [-0.05, 0) is 38.8 Å². The highest BCUT2D eigenvalue weighted by atomic mass is 16.5. The van der Waals surface area contributed by atoms with Crippen molar-refractivity contribution in [1.29, 1.82) is 0 Å². The van der Waals surface area contributed by atoms with Crippen LogP contribution >= 0.6 is 0 Å². The Hall–Kier alpha value is -1.35. The highest BCUT2D eigenvalue weighted by Crippen LogP contribution is 2.18. The summed E-state index contributed by atoms with van der Waals surface area (Å²) in [5.74, 6) is -0.211. The van der Waals surface area contributed by atoms with Crippen LogP contribution in [0.1, 0.15) is 37.0 Å². The molecule has 92 valence electrons. The van der Waals surface area contributed by atoms with Crippen LogP contribution in [0.3, 0.4) is 0 Å². The topological polar surface area (TPSA) is 38.3 Å². The van der Waals surface area contributed by atoms with Gasteiger partial charge in [0.1, 0.15) is 6.10 Å². The van der Waals surface area contributed by atoms with Gasteiger partial charge in [0.25, 0.3) is 0 Å². The monoisotopic (exact) mass is 233 g/mol. The summed E-state index contributed by atoms with van der Waals surface area (Å²) in [6, 6.07) is 9.99. The molecule has 1 fully saturated rings. The molecule has 0 amide bonds. The summed E-state index contributed by atoms with van der Waals surface area (Å²) in [6.07, 6.45) is 1.82. The van der Waals surface area contributed by atoms with E-state index in [1.807, 2.05) is 18.2 Å². The second-order valence-electron chi connectivity index (χ2n) is 4.83. The fourth-order valence-electron chi connectivity index (χ4n) is 2.40. The number of benzene rings is 1. The minimum Gasteiger partial charge on any atom is -0.459 e. The van der Waals surface area contributed by atoms with E-state index in [1.165, 1.54) is 0 Å². The summed E-state index contributed by atoms with van der Waals surface area (Å²) in [5, 5.41) is 3.43. The average Bonchev–Trinajstić information content (AvgIpc) is 2.28. The van der Waals surface area contributed by atoms with Gasteiger partial charge in [-0.25, -0.2) is 4.79 Å². The van der Waals surface area contributed by atoms with E-state index in [2.05, 4.69) is 19.2 Å². The van der Waals surface area contributed by atoms with E-state index >= 15 is 0 Å². The Morgan fingerprint density at radius 1 is 1.18 bits per heavy atom. The van der Waals surface area contributed by atoms with Gasteiger partial charge in [-0.15, -0.1) is 0 Å². The lowest BCUT2D eigenvalue weighted by Crippen LogP contribution is -2.45. The molecule has 2 unspecified atom stereocenters. The molecule has 0 aliphatic carbocycles. The van der Waals surface area contributed by atoms with Crippen molar-refractivity contribution in [1.82, 2.24) is 5.32 Å². The summed E-state index contributed by atoms with van der Waals surface area (Å²) in [4.78, 5) is 11.9. The molecule has 3 heteroatoms. The molecule has 1 heterocycles. The Bertz CT molecular complexity index is 367. The Morgan fingerprint density at radius 3 is 2.35 bits per heavy atom. The largest absolute Gasteiger partial charge is 0.459 e. The molecule has 0 radical (unpaired) electrons. The molecule has 0 bridgehead atoms. The summed E-state index contributed by atoms with van der Waals surface area (Å²) < 4.78 is 5.54. The molecule has 2 atom stereocenters. The van der Waals surface area contributed by atoms with Crippen molar-refractivity contribution in [2.75, 3.05) is 0 Å². The third-order valence-electron chi connectivity index (χ3n) is 3.09. The number of piperidine rings is 1. The van der Waals surface area contributed by atoms with Crippen LogP contribution in [0.5, 0.6) is 0 Å². The van der Waals surface area contributed by atoms with Crippen LogP contribution in [0.4, 0.5) is 0 Å². The molecule has 0 spiro atoms. The lowest BCUT2D eigenvalue weighted by atomic mass is 9.97. The van der Waals surface area contributed by atoms with Crippen LogP contribution in [0, 0.1) is 0 Å². The van der Waals surface area contributed by atoms with Crippen LogP contribution < -0.4 is 5.32 Å². The number of nitrogens with one attached hydrogen (secondary N) is 1. The quantitative estimate of drug-likeness (QED) is 0.797. The van der Waals surface area contributed by atoms with Gasteiger partial charge in [0.2, 0.25) is 0 Å². The SMILES string of the molecule is CC1CC(OC(=O)c2ccccc2)CC(C)N1. The van der Waals surface area contributed by atoms with Gasteiger partial charge in [0.15, 0.2) is 0 Å². The molecule has 1 aromatic rings. The minimum atomic E-state index is -0.211. The number of carbonyl (C=O) groups is 1. The van der Waals surface area contributed by atoms with E-state index in [-0.39, 0.29) is 12.1 Å². The zero-order chi connectivity index (χ0) is 12.3. The van der Waals surface area contributed by atoms with E-state index in [0.29, 0.717) is 17.6 Å². The molecular weight excluding hydrogens is 214 g/mol. The third-order valence-corrected chi connectivity index (χ3v) is 3.09. The van der Waals surface area contributed by atoms with Crippen molar-refractivity contribution in [3.63, 3.8) is 0 Å². The standard InChI is InChI=1S/C14H19NO2/c1-10-8-13(9-11(2)15-10)17-14(16)12-6-4-3-5-7-12/h3-7,10-11,13,15H,8-9H2,1-2H3. The van der Waals surface area contributed by atoms with Crippen LogP contribution in [-0.4, -0.2) is 24.2 Å². The summed E-state index contributed by atoms with van der Waals surface area (Å²) in [5.41, 5.74) is 0.631. The Morgan fingerprint density at radius 2 is 1.76 bits per heavy atom. The van der Waals surface area contributed by atoms with E-state index in [9.17, 15) is 4.79 Å². The Kier molecular flexibility index (Phi) is 3.79. The predicted molar refractivity (Wildman–Crippen MR) is 66.9 cm³/mol. The lowest BCUT2D eigenvalue weighted by Gasteiger charge is -2.32. The fourth-order valence-corrected chi connectivity index (χ4v) is 2.40. The molecule has 0 aromatic heterocycles. The van der Waals surface area contributed by atoms with Gasteiger partial charge in [-0.1, -0.05) is 18.2 Å². The summed E-state index contributed by atoms with van der Waals surface area (Å²) in [7, 11) is 0. The number of esters is 1.